The second-order valence-electron chi connectivity index (χ2n) is 6.57. The smallest absolute Gasteiger partial charge is 0.197 e. The molecule has 0 amide bonds. The SMILES string of the molecule is c1cncc(-c2nc(Sc3nnc4n3CCCCC4)c3ccccc3n2)c1. The molecular weight excluding hydrogens is 356 g/mol. The monoisotopic (exact) mass is 374 g/mol. The van der Waals surface area contributed by atoms with Crippen LogP contribution in [0, 0.1) is 0 Å². The number of rotatable bonds is 3. The molecule has 0 spiro atoms. The Bertz CT molecular complexity index is 1090. The third-order valence-electron chi connectivity index (χ3n) is 4.75. The van der Waals surface area contributed by atoms with E-state index in [0.29, 0.717) is 5.82 Å². The molecule has 4 aromatic rings. The van der Waals surface area contributed by atoms with Crippen molar-refractivity contribution in [3.63, 3.8) is 0 Å². The maximum Gasteiger partial charge on any atom is 0.197 e. The van der Waals surface area contributed by atoms with E-state index in [1.807, 2.05) is 30.3 Å². The molecule has 4 heterocycles. The van der Waals surface area contributed by atoms with Gasteiger partial charge in [0.2, 0.25) is 0 Å². The summed E-state index contributed by atoms with van der Waals surface area (Å²) >= 11 is 1.57. The highest BCUT2D eigenvalue weighted by Crippen LogP contribution is 2.33. The van der Waals surface area contributed by atoms with Crippen molar-refractivity contribution in [3.05, 3.63) is 54.6 Å². The van der Waals surface area contributed by atoms with Gasteiger partial charge in [-0.3, -0.25) is 4.98 Å². The maximum absolute atomic E-state index is 4.85. The first-order valence-corrected chi connectivity index (χ1v) is 9.97. The van der Waals surface area contributed by atoms with Crippen molar-refractivity contribution >= 4 is 22.7 Å². The van der Waals surface area contributed by atoms with Crippen LogP contribution >= 0.6 is 11.8 Å². The van der Waals surface area contributed by atoms with E-state index in [4.69, 9.17) is 9.97 Å². The number of pyridine rings is 1. The largest absolute Gasteiger partial charge is 0.306 e. The van der Waals surface area contributed by atoms with Gasteiger partial charge in [0.05, 0.1) is 5.52 Å². The second-order valence-corrected chi connectivity index (χ2v) is 7.53. The maximum atomic E-state index is 4.85. The summed E-state index contributed by atoms with van der Waals surface area (Å²) in [6.07, 6.45) is 8.15. The van der Waals surface area contributed by atoms with E-state index < -0.39 is 0 Å². The summed E-state index contributed by atoms with van der Waals surface area (Å²) in [7, 11) is 0. The second kappa shape index (κ2) is 7.08. The number of hydrogen-bond donors (Lipinski definition) is 0. The van der Waals surface area contributed by atoms with Crippen molar-refractivity contribution in [1.82, 2.24) is 29.7 Å². The topological polar surface area (TPSA) is 69.4 Å². The Kier molecular flexibility index (Phi) is 4.29. The van der Waals surface area contributed by atoms with Gasteiger partial charge in [-0.15, -0.1) is 10.2 Å². The highest BCUT2D eigenvalue weighted by molar-refractivity contribution is 7.99. The van der Waals surface area contributed by atoms with Gasteiger partial charge in [0.1, 0.15) is 10.9 Å². The fourth-order valence-corrected chi connectivity index (χ4v) is 4.35. The number of hydrogen-bond acceptors (Lipinski definition) is 6. The summed E-state index contributed by atoms with van der Waals surface area (Å²) in [6, 6.07) is 12.0. The molecule has 0 fully saturated rings. The fourth-order valence-electron chi connectivity index (χ4n) is 3.37. The Morgan fingerprint density at radius 1 is 0.926 bits per heavy atom. The molecule has 0 atom stereocenters. The predicted molar refractivity (Wildman–Crippen MR) is 104 cm³/mol. The Morgan fingerprint density at radius 3 is 2.81 bits per heavy atom. The Balaban J connectivity index is 1.61. The third-order valence-corrected chi connectivity index (χ3v) is 5.74. The summed E-state index contributed by atoms with van der Waals surface area (Å²) in [5.74, 6) is 1.76. The van der Waals surface area contributed by atoms with E-state index in [2.05, 4.69) is 25.8 Å². The number of fused-ring (bicyclic) bond motifs is 2. The summed E-state index contributed by atoms with van der Waals surface area (Å²) < 4.78 is 2.25. The third kappa shape index (κ3) is 3.19. The van der Waals surface area contributed by atoms with Crippen molar-refractivity contribution in [2.75, 3.05) is 0 Å². The van der Waals surface area contributed by atoms with Gasteiger partial charge in [-0.05, 0) is 42.8 Å². The first-order valence-electron chi connectivity index (χ1n) is 9.15. The average Bonchev–Trinajstić information content (AvgIpc) is 2.94. The highest BCUT2D eigenvalue weighted by Gasteiger charge is 2.18. The molecular formula is C20H18N6S. The van der Waals surface area contributed by atoms with Gasteiger partial charge in [0, 0.05) is 36.3 Å². The van der Waals surface area contributed by atoms with E-state index in [0.717, 1.165) is 45.4 Å². The van der Waals surface area contributed by atoms with Gasteiger partial charge in [-0.25, -0.2) is 9.97 Å². The lowest BCUT2D eigenvalue weighted by atomic mass is 10.2. The van der Waals surface area contributed by atoms with Crippen LogP contribution in [0.3, 0.4) is 0 Å². The lowest BCUT2D eigenvalue weighted by Crippen LogP contribution is -2.02. The van der Waals surface area contributed by atoms with Crippen LogP contribution in [0.2, 0.25) is 0 Å². The Labute approximate surface area is 161 Å². The first kappa shape index (κ1) is 16.4. The number of aromatic nitrogens is 6. The summed E-state index contributed by atoms with van der Waals surface area (Å²) in [4.78, 5) is 13.8. The molecule has 27 heavy (non-hydrogen) atoms. The van der Waals surface area contributed by atoms with Crippen molar-refractivity contribution in [1.29, 1.82) is 0 Å². The minimum atomic E-state index is 0.680. The molecule has 1 aromatic carbocycles. The Hall–Kier alpha value is -2.80. The van der Waals surface area contributed by atoms with E-state index in [9.17, 15) is 0 Å². The van der Waals surface area contributed by atoms with Crippen LogP contribution < -0.4 is 0 Å². The summed E-state index contributed by atoms with van der Waals surface area (Å²) in [6.45, 7) is 0.975. The zero-order chi connectivity index (χ0) is 18.1. The molecule has 0 saturated carbocycles. The van der Waals surface area contributed by atoms with Crippen LogP contribution in [0.4, 0.5) is 0 Å². The van der Waals surface area contributed by atoms with Gasteiger partial charge >= 0.3 is 0 Å². The van der Waals surface area contributed by atoms with Crippen molar-refractivity contribution in [3.8, 4) is 11.4 Å². The number of para-hydroxylation sites is 1. The quantitative estimate of drug-likeness (QED) is 0.502. The molecule has 0 unspecified atom stereocenters. The summed E-state index contributed by atoms with van der Waals surface area (Å²) in [5, 5.41) is 11.7. The van der Waals surface area contributed by atoms with Crippen LogP contribution in [-0.4, -0.2) is 29.7 Å². The first-order chi connectivity index (χ1) is 13.4. The number of benzene rings is 1. The molecule has 0 bridgehead atoms. The molecule has 134 valence electrons. The minimum Gasteiger partial charge on any atom is -0.306 e. The lowest BCUT2D eigenvalue weighted by Gasteiger charge is -2.09. The zero-order valence-corrected chi connectivity index (χ0v) is 15.6. The van der Waals surface area contributed by atoms with E-state index >= 15 is 0 Å². The van der Waals surface area contributed by atoms with Crippen molar-refractivity contribution in [2.45, 2.75) is 42.4 Å². The molecule has 1 aliphatic rings. The molecule has 0 N–H and O–H groups in total. The predicted octanol–water partition coefficient (Wildman–Crippen LogP) is 4.16. The van der Waals surface area contributed by atoms with Crippen LogP contribution in [0.5, 0.6) is 0 Å². The lowest BCUT2D eigenvalue weighted by molar-refractivity contribution is 0.591. The van der Waals surface area contributed by atoms with Gasteiger partial charge in [0.25, 0.3) is 0 Å². The van der Waals surface area contributed by atoms with E-state index in [-0.39, 0.29) is 0 Å². The minimum absolute atomic E-state index is 0.680. The number of aryl methyl sites for hydroxylation is 1. The van der Waals surface area contributed by atoms with Crippen molar-refractivity contribution in [2.24, 2.45) is 0 Å². The molecule has 6 nitrogen and oxygen atoms in total. The van der Waals surface area contributed by atoms with Gasteiger partial charge in [-0.1, -0.05) is 24.6 Å². The van der Waals surface area contributed by atoms with Crippen molar-refractivity contribution < 1.29 is 0 Å². The van der Waals surface area contributed by atoms with E-state index in [1.54, 1.807) is 24.2 Å². The Morgan fingerprint density at radius 2 is 1.89 bits per heavy atom. The van der Waals surface area contributed by atoms with Crippen LogP contribution in [0.15, 0.2) is 59.0 Å². The molecule has 5 rings (SSSR count). The zero-order valence-electron chi connectivity index (χ0n) is 14.7. The average molecular weight is 374 g/mol. The van der Waals surface area contributed by atoms with Gasteiger partial charge < -0.3 is 4.57 Å². The van der Waals surface area contributed by atoms with Crippen LogP contribution in [0.25, 0.3) is 22.3 Å². The standard InChI is InChI=1S/C20H18N6S/c1-2-10-17-24-25-20(26(17)12-5-1)27-19-15-8-3-4-9-16(15)22-18(23-19)14-7-6-11-21-13-14/h3-4,6-9,11,13H,1-2,5,10,12H2. The molecule has 1 aliphatic heterocycles. The molecule has 3 aromatic heterocycles. The normalized spacial score (nSPS) is 14.1. The van der Waals surface area contributed by atoms with E-state index in [1.165, 1.54) is 19.3 Å². The fraction of sp³-hybridized carbons (Fsp3) is 0.250. The molecule has 0 aliphatic carbocycles. The molecule has 0 radical (unpaired) electrons. The molecule has 0 saturated heterocycles. The number of nitrogens with zero attached hydrogens (tertiary/aromatic N) is 6. The van der Waals surface area contributed by atoms with Crippen LogP contribution in [0.1, 0.15) is 25.1 Å². The van der Waals surface area contributed by atoms with Gasteiger partial charge in [-0.2, -0.15) is 0 Å². The van der Waals surface area contributed by atoms with Gasteiger partial charge in [0.15, 0.2) is 11.0 Å². The van der Waals surface area contributed by atoms with Crippen LogP contribution in [-0.2, 0) is 13.0 Å². The highest BCUT2D eigenvalue weighted by atomic mass is 32.2. The molecule has 7 heteroatoms. The summed E-state index contributed by atoms with van der Waals surface area (Å²) in [5.41, 5.74) is 1.83.